The molecule has 2 aromatic rings. The zero-order valence-corrected chi connectivity index (χ0v) is 13.6. The van der Waals surface area contributed by atoms with E-state index in [2.05, 4.69) is 16.5 Å². The van der Waals surface area contributed by atoms with Crippen molar-refractivity contribution >= 4 is 22.8 Å². The number of aryl methyl sites for hydroxylation is 3. The molecule has 0 unspecified atom stereocenters. The van der Waals surface area contributed by atoms with Crippen LogP contribution in [0.25, 0.3) is 11.2 Å². The van der Waals surface area contributed by atoms with Gasteiger partial charge in [0.1, 0.15) is 11.3 Å². The van der Waals surface area contributed by atoms with Crippen molar-refractivity contribution in [1.29, 1.82) is 0 Å². The van der Waals surface area contributed by atoms with E-state index in [1.54, 1.807) is 0 Å². The zero-order valence-electron chi connectivity index (χ0n) is 12.8. The summed E-state index contributed by atoms with van der Waals surface area (Å²) in [4.78, 5) is 9.32. The molecule has 114 valence electrons. The SMILES string of the molecule is Cc1ccnc2c1nc(CCCl)n2CCCC1CCCC1. The number of fused-ring (bicyclic) bond motifs is 1. The van der Waals surface area contributed by atoms with Crippen LogP contribution >= 0.6 is 11.6 Å². The third-order valence-electron chi connectivity index (χ3n) is 4.70. The van der Waals surface area contributed by atoms with Crippen molar-refractivity contribution < 1.29 is 0 Å². The van der Waals surface area contributed by atoms with E-state index >= 15 is 0 Å². The average molecular weight is 306 g/mol. The van der Waals surface area contributed by atoms with Gasteiger partial charge in [-0.3, -0.25) is 0 Å². The van der Waals surface area contributed by atoms with Gasteiger partial charge in [-0.1, -0.05) is 25.7 Å². The maximum Gasteiger partial charge on any atom is 0.160 e. The van der Waals surface area contributed by atoms with Gasteiger partial charge in [0.05, 0.1) is 0 Å². The summed E-state index contributed by atoms with van der Waals surface area (Å²) in [5.74, 6) is 2.66. The minimum atomic E-state index is 0.616. The lowest BCUT2D eigenvalue weighted by Gasteiger charge is -2.11. The number of alkyl halides is 1. The van der Waals surface area contributed by atoms with Crippen LogP contribution in [0.1, 0.15) is 49.9 Å². The van der Waals surface area contributed by atoms with Crippen LogP contribution in [0.2, 0.25) is 0 Å². The second-order valence-corrected chi connectivity index (χ2v) is 6.59. The molecule has 1 fully saturated rings. The fourth-order valence-electron chi connectivity index (χ4n) is 3.53. The van der Waals surface area contributed by atoms with E-state index in [9.17, 15) is 0 Å². The highest BCUT2D eigenvalue weighted by Gasteiger charge is 2.16. The number of halogens is 1. The fraction of sp³-hybridized carbons (Fsp3) is 0.647. The highest BCUT2D eigenvalue weighted by molar-refractivity contribution is 6.17. The van der Waals surface area contributed by atoms with Crippen LogP contribution in [-0.4, -0.2) is 20.4 Å². The zero-order chi connectivity index (χ0) is 14.7. The number of pyridine rings is 1. The molecule has 0 bridgehead atoms. The highest BCUT2D eigenvalue weighted by Crippen LogP contribution is 2.29. The first-order valence-electron chi connectivity index (χ1n) is 8.16. The van der Waals surface area contributed by atoms with Gasteiger partial charge in [-0.15, -0.1) is 11.6 Å². The topological polar surface area (TPSA) is 30.7 Å². The van der Waals surface area contributed by atoms with Crippen LogP contribution in [0.3, 0.4) is 0 Å². The van der Waals surface area contributed by atoms with Gasteiger partial charge in [-0.25, -0.2) is 9.97 Å². The molecule has 0 atom stereocenters. The number of nitrogens with zero attached hydrogens (tertiary/aromatic N) is 3. The van der Waals surface area contributed by atoms with Gasteiger partial charge in [0.2, 0.25) is 0 Å². The summed E-state index contributed by atoms with van der Waals surface area (Å²) < 4.78 is 2.29. The molecule has 0 radical (unpaired) electrons. The Morgan fingerprint density at radius 2 is 2.14 bits per heavy atom. The molecule has 2 aromatic heterocycles. The average Bonchev–Trinajstić information content (AvgIpc) is 3.09. The lowest BCUT2D eigenvalue weighted by molar-refractivity contribution is 0.457. The normalized spacial score (nSPS) is 16.1. The first-order chi connectivity index (χ1) is 10.3. The Kier molecular flexibility index (Phi) is 4.79. The number of hydrogen-bond donors (Lipinski definition) is 0. The Hall–Kier alpha value is -1.09. The van der Waals surface area contributed by atoms with Crippen molar-refractivity contribution in [2.75, 3.05) is 5.88 Å². The molecule has 4 heteroatoms. The summed E-state index contributed by atoms with van der Waals surface area (Å²) in [7, 11) is 0. The monoisotopic (exact) mass is 305 g/mol. The molecule has 3 nitrogen and oxygen atoms in total. The van der Waals surface area contributed by atoms with Crippen molar-refractivity contribution in [2.24, 2.45) is 5.92 Å². The predicted molar refractivity (Wildman–Crippen MR) is 87.9 cm³/mol. The van der Waals surface area contributed by atoms with E-state index in [1.807, 2.05) is 12.3 Å². The number of hydrogen-bond acceptors (Lipinski definition) is 2. The Bertz CT molecular complexity index is 599. The molecule has 0 aromatic carbocycles. The number of rotatable bonds is 6. The Balaban J connectivity index is 1.78. The van der Waals surface area contributed by atoms with E-state index in [0.717, 1.165) is 35.9 Å². The van der Waals surface area contributed by atoms with Crippen molar-refractivity contribution in [3.63, 3.8) is 0 Å². The minimum Gasteiger partial charge on any atom is -0.313 e. The molecular formula is C17H24ClN3. The lowest BCUT2D eigenvalue weighted by Crippen LogP contribution is -2.07. The Morgan fingerprint density at radius 3 is 2.90 bits per heavy atom. The van der Waals surface area contributed by atoms with Crippen LogP contribution in [0, 0.1) is 12.8 Å². The molecule has 1 saturated carbocycles. The largest absolute Gasteiger partial charge is 0.313 e. The van der Waals surface area contributed by atoms with Crippen molar-refractivity contribution in [2.45, 2.75) is 58.4 Å². The molecule has 0 spiro atoms. The third-order valence-corrected chi connectivity index (χ3v) is 4.89. The van der Waals surface area contributed by atoms with E-state index in [1.165, 1.54) is 44.1 Å². The molecule has 0 N–H and O–H groups in total. The summed E-state index contributed by atoms with van der Waals surface area (Å²) in [6.07, 6.45) is 11.0. The van der Waals surface area contributed by atoms with Crippen LogP contribution in [0.5, 0.6) is 0 Å². The van der Waals surface area contributed by atoms with Crippen LogP contribution in [-0.2, 0) is 13.0 Å². The molecule has 1 aliphatic rings. The fourth-order valence-corrected chi connectivity index (χ4v) is 3.70. The number of imidazole rings is 1. The summed E-state index contributed by atoms with van der Waals surface area (Å²) >= 11 is 5.94. The maximum absolute atomic E-state index is 5.94. The Morgan fingerprint density at radius 1 is 1.33 bits per heavy atom. The molecule has 0 saturated heterocycles. The van der Waals surface area contributed by atoms with Crippen LogP contribution in [0.15, 0.2) is 12.3 Å². The second-order valence-electron chi connectivity index (χ2n) is 6.21. The van der Waals surface area contributed by atoms with Crippen LogP contribution in [0.4, 0.5) is 0 Å². The number of aromatic nitrogens is 3. The third kappa shape index (κ3) is 3.23. The smallest absolute Gasteiger partial charge is 0.160 e. The molecule has 0 amide bonds. The van der Waals surface area contributed by atoms with Crippen molar-refractivity contribution in [3.05, 3.63) is 23.7 Å². The van der Waals surface area contributed by atoms with Gasteiger partial charge in [0.15, 0.2) is 5.65 Å². The minimum absolute atomic E-state index is 0.616. The molecule has 2 heterocycles. The first kappa shape index (κ1) is 14.8. The van der Waals surface area contributed by atoms with Crippen LogP contribution < -0.4 is 0 Å². The molecule has 21 heavy (non-hydrogen) atoms. The Labute approximate surface area is 131 Å². The first-order valence-corrected chi connectivity index (χ1v) is 8.69. The highest BCUT2D eigenvalue weighted by atomic mass is 35.5. The molecular weight excluding hydrogens is 282 g/mol. The van der Waals surface area contributed by atoms with Gasteiger partial charge < -0.3 is 4.57 Å². The summed E-state index contributed by atoms with van der Waals surface area (Å²) in [6.45, 7) is 3.13. The molecule has 3 rings (SSSR count). The maximum atomic E-state index is 5.94. The quantitative estimate of drug-likeness (QED) is 0.736. The summed E-state index contributed by atoms with van der Waals surface area (Å²) in [5, 5.41) is 0. The summed E-state index contributed by atoms with van der Waals surface area (Å²) in [5.41, 5.74) is 3.27. The van der Waals surface area contributed by atoms with Gasteiger partial charge in [0, 0.05) is 25.0 Å². The van der Waals surface area contributed by atoms with Crippen molar-refractivity contribution in [1.82, 2.24) is 14.5 Å². The van der Waals surface area contributed by atoms with Gasteiger partial charge in [-0.05, 0) is 37.3 Å². The van der Waals surface area contributed by atoms with Gasteiger partial charge >= 0.3 is 0 Å². The summed E-state index contributed by atoms with van der Waals surface area (Å²) in [6, 6.07) is 2.03. The molecule has 1 aliphatic carbocycles. The second kappa shape index (κ2) is 6.78. The van der Waals surface area contributed by atoms with E-state index in [0.29, 0.717) is 5.88 Å². The van der Waals surface area contributed by atoms with E-state index < -0.39 is 0 Å². The van der Waals surface area contributed by atoms with E-state index in [4.69, 9.17) is 16.6 Å². The lowest BCUT2D eigenvalue weighted by atomic mass is 10.0. The van der Waals surface area contributed by atoms with E-state index in [-0.39, 0.29) is 0 Å². The standard InChI is InChI=1S/C17H24ClN3/c1-13-9-11-19-17-16(13)20-15(8-10-18)21(17)12-4-7-14-5-2-3-6-14/h9,11,14H,2-8,10,12H2,1H3. The van der Waals surface area contributed by atoms with Gasteiger partial charge in [0.25, 0.3) is 0 Å². The van der Waals surface area contributed by atoms with Gasteiger partial charge in [-0.2, -0.15) is 0 Å². The van der Waals surface area contributed by atoms with Crippen molar-refractivity contribution in [3.8, 4) is 0 Å². The molecule has 0 aliphatic heterocycles. The predicted octanol–water partition coefficient (Wildman–Crippen LogP) is 4.49.